The Morgan fingerprint density at radius 3 is 2.55 bits per heavy atom. The summed E-state index contributed by atoms with van der Waals surface area (Å²) in [4.78, 5) is 24.9. The number of hydrogen-bond acceptors (Lipinski definition) is 2. The van der Waals surface area contributed by atoms with E-state index in [4.69, 9.17) is 0 Å². The number of carboxylic acids is 1. The molecule has 1 aromatic heterocycles. The highest BCUT2D eigenvalue weighted by molar-refractivity contribution is 6.27. The fourth-order valence-corrected chi connectivity index (χ4v) is 3.91. The highest BCUT2D eigenvalue weighted by Crippen LogP contribution is 2.38. The largest absolute Gasteiger partial charge is 0.477 e. The van der Waals surface area contributed by atoms with Gasteiger partial charge in [-0.05, 0) is 36.2 Å². The first kappa shape index (κ1) is 20.7. The van der Waals surface area contributed by atoms with Crippen molar-refractivity contribution in [3.63, 3.8) is 0 Å². The number of benzene rings is 2. The van der Waals surface area contributed by atoms with Gasteiger partial charge in [-0.1, -0.05) is 42.5 Å². The summed E-state index contributed by atoms with van der Waals surface area (Å²) >= 11 is 0. The standard InChI is InChI=1S/C24H18F3NO3/c1-14-6-2-3-7-15(14)13-28-19-11-10-16(24(25,26)27)12-18(19)21(22(28)23(30)31)17-8-4-5-9-20(17)29/h2-8,10-12H,9,13H2,1H3,(H,30,31). The summed E-state index contributed by atoms with van der Waals surface area (Å²) < 4.78 is 41.7. The predicted molar refractivity (Wildman–Crippen MR) is 111 cm³/mol. The van der Waals surface area contributed by atoms with Gasteiger partial charge in [0.15, 0.2) is 5.78 Å². The third-order valence-electron chi connectivity index (χ3n) is 5.45. The van der Waals surface area contributed by atoms with E-state index in [1.807, 2.05) is 31.2 Å². The number of allylic oxidation sites excluding steroid dienone is 4. The van der Waals surface area contributed by atoms with Gasteiger partial charge in [-0.2, -0.15) is 13.2 Å². The second-order valence-corrected chi connectivity index (χ2v) is 7.41. The number of hydrogen-bond donors (Lipinski definition) is 1. The highest BCUT2D eigenvalue weighted by atomic mass is 19.4. The number of carbonyl (C=O) groups is 2. The van der Waals surface area contributed by atoms with E-state index in [-0.39, 0.29) is 41.0 Å². The van der Waals surface area contributed by atoms with E-state index in [9.17, 15) is 27.9 Å². The molecule has 0 radical (unpaired) electrons. The average Bonchev–Trinajstić information content (AvgIpc) is 3.03. The Kier molecular flexibility index (Phi) is 5.05. The SMILES string of the molecule is Cc1ccccc1Cn1c(C(=O)O)c(C2=CC=CCC2=O)c2cc(C(F)(F)F)ccc21. The van der Waals surface area contributed by atoms with Crippen molar-refractivity contribution in [3.05, 3.63) is 88.6 Å². The molecular formula is C24H18F3NO3. The Bertz CT molecular complexity index is 1280. The molecule has 2 aromatic carbocycles. The minimum Gasteiger partial charge on any atom is -0.477 e. The molecule has 1 aliphatic carbocycles. The lowest BCUT2D eigenvalue weighted by Gasteiger charge is -2.12. The van der Waals surface area contributed by atoms with Gasteiger partial charge in [0.25, 0.3) is 0 Å². The minimum atomic E-state index is -4.60. The lowest BCUT2D eigenvalue weighted by atomic mass is 9.93. The van der Waals surface area contributed by atoms with E-state index >= 15 is 0 Å². The Hall–Kier alpha value is -3.61. The number of carboxylic acid groups (broad SMARTS) is 1. The Balaban J connectivity index is 2.07. The zero-order valence-electron chi connectivity index (χ0n) is 16.5. The van der Waals surface area contributed by atoms with E-state index in [1.54, 1.807) is 12.2 Å². The number of carbonyl (C=O) groups excluding carboxylic acids is 1. The van der Waals surface area contributed by atoms with Crippen LogP contribution in [0.1, 0.15) is 39.2 Å². The maximum absolute atomic E-state index is 13.4. The number of alkyl halides is 3. The second-order valence-electron chi connectivity index (χ2n) is 7.41. The molecule has 7 heteroatoms. The third kappa shape index (κ3) is 3.67. The fourth-order valence-electron chi connectivity index (χ4n) is 3.91. The van der Waals surface area contributed by atoms with Gasteiger partial charge >= 0.3 is 12.1 Å². The van der Waals surface area contributed by atoms with Gasteiger partial charge in [-0.15, -0.1) is 0 Å². The lowest BCUT2D eigenvalue weighted by Crippen LogP contribution is -2.14. The number of aromatic carboxylic acids is 1. The van der Waals surface area contributed by atoms with Crippen LogP contribution in [0.15, 0.2) is 60.7 Å². The van der Waals surface area contributed by atoms with Gasteiger partial charge in [-0.25, -0.2) is 4.79 Å². The molecule has 3 aromatic rings. The second kappa shape index (κ2) is 7.58. The van der Waals surface area contributed by atoms with E-state index in [2.05, 4.69) is 0 Å². The van der Waals surface area contributed by atoms with E-state index in [0.717, 1.165) is 23.3 Å². The smallest absolute Gasteiger partial charge is 0.416 e. The molecule has 0 aliphatic heterocycles. The van der Waals surface area contributed by atoms with Gasteiger partial charge in [0.05, 0.1) is 5.56 Å². The summed E-state index contributed by atoms with van der Waals surface area (Å²) in [5, 5.41) is 10.1. The van der Waals surface area contributed by atoms with Gasteiger partial charge in [-0.3, -0.25) is 4.79 Å². The van der Waals surface area contributed by atoms with Crippen LogP contribution in [0.2, 0.25) is 0 Å². The van der Waals surface area contributed by atoms with Crippen LogP contribution in [-0.4, -0.2) is 21.4 Å². The lowest BCUT2D eigenvalue weighted by molar-refractivity contribution is -0.137. The van der Waals surface area contributed by atoms with Crippen LogP contribution in [0.3, 0.4) is 0 Å². The molecule has 1 aliphatic rings. The van der Waals surface area contributed by atoms with E-state index in [1.165, 1.54) is 16.7 Å². The predicted octanol–water partition coefficient (Wildman–Crippen LogP) is 5.63. The molecular weight excluding hydrogens is 407 g/mol. The number of Topliss-reactive ketones (excluding diaryl/α,β-unsaturated/α-hetero) is 1. The molecule has 0 saturated carbocycles. The van der Waals surface area contributed by atoms with Gasteiger partial charge < -0.3 is 9.67 Å². The van der Waals surface area contributed by atoms with Crippen LogP contribution in [0.5, 0.6) is 0 Å². The number of nitrogens with zero attached hydrogens (tertiary/aromatic N) is 1. The van der Waals surface area contributed by atoms with Gasteiger partial charge in [0.1, 0.15) is 5.69 Å². The number of rotatable bonds is 4. The first-order valence-electron chi connectivity index (χ1n) is 9.60. The van der Waals surface area contributed by atoms with Gasteiger partial charge in [0, 0.05) is 35.0 Å². The molecule has 0 unspecified atom stereocenters. The first-order chi connectivity index (χ1) is 14.7. The summed E-state index contributed by atoms with van der Waals surface area (Å²) in [6, 6.07) is 10.5. The number of halogens is 3. The zero-order valence-corrected chi connectivity index (χ0v) is 16.5. The summed E-state index contributed by atoms with van der Waals surface area (Å²) in [5.41, 5.74) is 1.11. The van der Waals surface area contributed by atoms with E-state index in [0.29, 0.717) is 5.52 Å². The number of fused-ring (bicyclic) bond motifs is 1. The van der Waals surface area contributed by atoms with Crippen molar-refractivity contribution in [2.45, 2.75) is 26.1 Å². The molecule has 158 valence electrons. The third-order valence-corrected chi connectivity index (χ3v) is 5.45. The van der Waals surface area contributed by atoms with Gasteiger partial charge in [0.2, 0.25) is 0 Å². The summed E-state index contributed by atoms with van der Waals surface area (Å²) in [7, 11) is 0. The van der Waals surface area contributed by atoms with Crippen LogP contribution in [0.25, 0.3) is 16.5 Å². The molecule has 0 amide bonds. The Labute approximate surface area is 175 Å². The summed E-state index contributed by atoms with van der Waals surface area (Å²) in [6.45, 7) is 2.02. The molecule has 31 heavy (non-hydrogen) atoms. The number of aryl methyl sites for hydroxylation is 1. The molecule has 0 spiro atoms. The Morgan fingerprint density at radius 1 is 1.16 bits per heavy atom. The molecule has 0 saturated heterocycles. The number of ketones is 1. The van der Waals surface area contributed by atoms with Crippen LogP contribution in [0.4, 0.5) is 13.2 Å². The van der Waals surface area contributed by atoms with Crippen LogP contribution < -0.4 is 0 Å². The zero-order chi connectivity index (χ0) is 22.3. The molecule has 0 bridgehead atoms. The molecule has 0 fully saturated rings. The Morgan fingerprint density at radius 2 is 1.90 bits per heavy atom. The quantitative estimate of drug-likeness (QED) is 0.590. The molecule has 1 heterocycles. The molecule has 0 atom stereocenters. The van der Waals surface area contributed by atoms with Crippen molar-refractivity contribution in [3.8, 4) is 0 Å². The van der Waals surface area contributed by atoms with Crippen molar-refractivity contribution >= 4 is 28.2 Å². The average molecular weight is 425 g/mol. The van der Waals surface area contributed by atoms with Crippen molar-refractivity contribution < 1.29 is 27.9 Å². The van der Waals surface area contributed by atoms with Crippen LogP contribution in [0, 0.1) is 6.92 Å². The first-order valence-corrected chi connectivity index (χ1v) is 9.60. The monoisotopic (exact) mass is 425 g/mol. The summed E-state index contributed by atoms with van der Waals surface area (Å²) in [5.74, 6) is -1.64. The summed E-state index contributed by atoms with van der Waals surface area (Å²) in [6.07, 6.45) is 0.165. The maximum atomic E-state index is 13.4. The normalized spacial score (nSPS) is 14.2. The minimum absolute atomic E-state index is 0.0246. The van der Waals surface area contributed by atoms with Crippen molar-refractivity contribution in [2.75, 3.05) is 0 Å². The highest BCUT2D eigenvalue weighted by Gasteiger charge is 2.33. The van der Waals surface area contributed by atoms with Crippen molar-refractivity contribution in [1.29, 1.82) is 0 Å². The van der Waals surface area contributed by atoms with Crippen molar-refractivity contribution in [1.82, 2.24) is 4.57 Å². The molecule has 1 N–H and O–H groups in total. The topological polar surface area (TPSA) is 59.3 Å². The van der Waals surface area contributed by atoms with Crippen LogP contribution >= 0.6 is 0 Å². The van der Waals surface area contributed by atoms with Crippen molar-refractivity contribution in [2.24, 2.45) is 0 Å². The molecule has 4 rings (SSSR count). The molecule has 4 nitrogen and oxygen atoms in total. The fraction of sp³-hybridized carbons (Fsp3) is 0.167. The number of aromatic nitrogens is 1. The van der Waals surface area contributed by atoms with E-state index < -0.39 is 17.7 Å². The maximum Gasteiger partial charge on any atom is 0.416 e. The van der Waals surface area contributed by atoms with Crippen LogP contribution in [-0.2, 0) is 17.5 Å².